The van der Waals surface area contributed by atoms with Gasteiger partial charge in [-0.2, -0.15) is 5.26 Å². The molecule has 0 N–H and O–H groups in total. The largest absolute Gasteiger partial charge is 0.463 e. The van der Waals surface area contributed by atoms with Gasteiger partial charge in [0.25, 0.3) is 0 Å². The lowest BCUT2D eigenvalue weighted by Crippen LogP contribution is -2.16. The van der Waals surface area contributed by atoms with Crippen molar-refractivity contribution in [2.45, 2.75) is 19.6 Å². The molecule has 0 saturated carbocycles. The molecule has 0 heterocycles. The lowest BCUT2D eigenvalue weighted by Gasteiger charge is -2.17. The van der Waals surface area contributed by atoms with Crippen LogP contribution in [0, 0.1) is 17.9 Å². The fourth-order valence-corrected chi connectivity index (χ4v) is 2.49. The molecule has 0 aliphatic carbocycles. The number of hydrogen-bond donors (Lipinski definition) is 0. The number of carbonyl (C=O) groups is 1. The van der Waals surface area contributed by atoms with Crippen molar-refractivity contribution in [3.63, 3.8) is 0 Å². The number of allylic oxidation sites excluding steroid dienone is 3. The van der Waals surface area contributed by atoms with Gasteiger partial charge in [-0.3, -0.25) is 4.79 Å². The third-order valence-corrected chi connectivity index (χ3v) is 3.97. The van der Waals surface area contributed by atoms with Crippen molar-refractivity contribution in [3.8, 4) is 11.8 Å². The second kappa shape index (κ2) is 10.9. The molecule has 0 aliphatic rings. The molecule has 0 bridgehead atoms. The third kappa shape index (κ3) is 5.69. The minimum atomic E-state index is -0.446. The van der Waals surface area contributed by atoms with E-state index in [-0.39, 0.29) is 11.3 Å². The minimum Gasteiger partial charge on any atom is -0.463 e. The zero-order chi connectivity index (χ0) is 21.1. The van der Waals surface area contributed by atoms with E-state index >= 15 is 0 Å². The molecule has 0 amide bonds. The SMILES string of the molecule is [C-]#[N+]/C(=C(/C#N)c1ccc(OC(CC)OC=CC=C)cc1)c1ccc(C=O)cc1. The number of benzene rings is 2. The van der Waals surface area contributed by atoms with Crippen LogP contribution in [0.5, 0.6) is 5.75 Å². The van der Waals surface area contributed by atoms with Gasteiger partial charge in [-0.05, 0) is 29.3 Å². The van der Waals surface area contributed by atoms with Gasteiger partial charge in [-0.25, -0.2) is 4.85 Å². The lowest BCUT2D eigenvalue weighted by molar-refractivity contribution is -0.0313. The molecule has 2 rings (SSSR count). The van der Waals surface area contributed by atoms with Gasteiger partial charge >= 0.3 is 0 Å². The molecule has 1 unspecified atom stereocenters. The first-order valence-electron chi connectivity index (χ1n) is 8.94. The van der Waals surface area contributed by atoms with Gasteiger partial charge in [0.15, 0.2) is 0 Å². The van der Waals surface area contributed by atoms with E-state index in [1.54, 1.807) is 60.7 Å². The first-order valence-corrected chi connectivity index (χ1v) is 8.94. The monoisotopic (exact) mass is 384 g/mol. The number of carbonyl (C=O) groups excluding carboxylic acids is 1. The zero-order valence-electron chi connectivity index (χ0n) is 16.0. The van der Waals surface area contributed by atoms with E-state index in [2.05, 4.69) is 17.5 Å². The van der Waals surface area contributed by atoms with Crippen molar-refractivity contribution in [2.75, 3.05) is 0 Å². The molecule has 0 aliphatic heterocycles. The molecule has 29 heavy (non-hydrogen) atoms. The van der Waals surface area contributed by atoms with E-state index in [0.717, 1.165) is 6.29 Å². The van der Waals surface area contributed by atoms with Crippen LogP contribution in [0.15, 0.2) is 73.5 Å². The summed E-state index contributed by atoms with van der Waals surface area (Å²) in [6.07, 6.45) is 5.73. The van der Waals surface area contributed by atoms with Gasteiger partial charge in [0, 0.05) is 12.0 Å². The van der Waals surface area contributed by atoms with Crippen LogP contribution < -0.4 is 4.74 Å². The predicted octanol–water partition coefficient (Wildman–Crippen LogP) is 5.64. The van der Waals surface area contributed by atoms with Crippen molar-refractivity contribution in [2.24, 2.45) is 0 Å². The van der Waals surface area contributed by atoms with Crippen LogP contribution in [0.1, 0.15) is 34.8 Å². The van der Waals surface area contributed by atoms with Crippen molar-refractivity contribution in [1.82, 2.24) is 0 Å². The maximum Gasteiger partial charge on any atom is 0.239 e. The first-order chi connectivity index (χ1) is 14.2. The van der Waals surface area contributed by atoms with E-state index in [1.165, 1.54) is 6.26 Å². The molecule has 2 aromatic rings. The van der Waals surface area contributed by atoms with Crippen LogP contribution >= 0.6 is 0 Å². The van der Waals surface area contributed by atoms with Gasteiger partial charge < -0.3 is 9.47 Å². The minimum absolute atomic E-state index is 0.225. The molecule has 0 spiro atoms. The van der Waals surface area contributed by atoms with Crippen molar-refractivity contribution >= 4 is 17.6 Å². The summed E-state index contributed by atoms with van der Waals surface area (Å²) in [5.41, 5.74) is 2.17. The summed E-state index contributed by atoms with van der Waals surface area (Å²) >= 11 is 0. The van der Waals surface area contributed by atoms with Crippen LogP contribution in [0.25, 0.3) is 16.1 Å². The lowest BCUT2D eigenvalue weighted by atomic mass is 10.00. The molecule has 2 aromatic carbocycles. The quantitative estimate of drug-likeness (QED) is 0.107. The normalized spacial score (nSPS) is 12.2. The van der Waals surface area contributed by atoms with Crippen molar-refractivity contribution < 1.29 is 14.3 Å². The molecule has 5 heteroatoms. The molecule has 144 valence electrons. The Morgan fingerprint density at radius 3 is 2.38 bits per heavy atom. The highest BCUT2D eigenvalue weighted by atomic mass is 16.7. The van der Waals surface area contributed by atoms with Gasteiger partial charge in [-0.1, -0.05) is 56.0 Å². The maximum absolute atomic E-state index is 10.8. The Balaban J connectivity index is 2.29. The highest BCUT2D eigenvalue weighted by molar-refractivity contribution is 6.00. The molecule has 1 atom stereocenters. The van der Waals surface area contributed by atoms with Crippen LogP contribution in [-0.4, -0.2) is 12.6 Å². The number of hydrogen-bond acceptors (Lipinski definition) is 4. The number of nitriles is 1. The molecule has 5 nitrogen and oxygen atoms in total. The highest BCUT2D eigenvalue weighted by Crippen LogP contribution is 2.29. The fraction of sp³-hybridized carbons (Fsp3) is 0.125. The second-order valence-electron chi connectivity index (χ2n) is 5.87. The first kappa shape index (κ1) is 21.2. The average Bonchev–Trinajstić information content (AvgIpc) is 2.77. The Morgan fingerprint density at radius 1 is 1.21 bits per heavy atom. The van der Waals surface area contributed by atoms with Crippen LogP contribution in [-0.2, 0) is 4.74 Å². The summed E-state index contributed by atoms with van der Waals surface area (Å²) in [5.74, 6) is 0.588. The second-order valence-corrected chi connectivity index (χ2v) is 5.87. The van der Waals surface area contributed by atoms with E-state index < -0.39 is 6.29 Å². The smallest absolute Gasteiger partial charge is 0.239 e. The zero-order valence-corrected chi connectivity index (χ0v) is 16.0. The van der Waals surface area contributed by atoms with Gasteiger partial charge in [-0.15, -0.1) is 0 Å². The summed E-state index contributed by atoms with van der Waals surface area (Å²) in [7, 11) is 0. The maximum atomic E-state index is 10.8. The van der Waals surface area contributed by atoms with E-state index in [4.69, 9.17) is 16.0 Å². The molecular weight excluding hydrogens is 364 g/mol. The molecule has 0 fully saturated rings. The van der Waals surface area contributed by atoms with Gasteiger partial charge in [0.05, 0.1) is 24.5 Å². The van der Waals surface area contributed by atoms with Crippen molar-refractivity contribution in [1.29, 1.82) is 5.26 Å². The van der Waals surface area contributed by atoms with Crippen LogP contribution in [0.3, 0.4) is 0 Å². The number of ether oxygens (including phenoxy) is 2. The van der Waals surface area contributed by atoms with E-state index in [1.807, 2.05) is 6.92 Å². The molecule has 0 saturated heterocycles. The average molecular weight is 384 g/mol. The van der Waals surface area contributed by atoms with Crippen molar-refractivity contribution in [3.05, 3.63) is 102 Å². The van der Waals surface area contributed by atoms with E-state index in [0.29, 0.717) is 28.9 Å². The standard InChI is InChI=1S/C24H20N2O3/c1-4-6-15-28-23(5-2)29-21-13-11-19(12-14-21)22(16-25)24(26-3)20-9-7-18(17-27)8-10-20/h4,6-15,17,23H,1,5H2,2H3/b15-6?,24-22-. The Bertz CT molecular complexity index is 988. The van der Waals surface area contributed by atoms with Gasteiger partial charge in [0.1, 0.15) is 12.0 Å². The number of nitrogens with zero attached hydrogens (tertiary/aromatic N) is 2. The molecular formula is C24H20N2O3. The summed E-state index contributed by atoms with van der Waals surface area (Å²) < 4.78 is 11.2. The van der Waals surface area contributed by atoms with Crippen LogP contribution in [0.4, 0.5) is 0 Å². The topological polar surface area (TPSA) is 63.7 Å². The number of aldehydes is 1. The van der Waals surface area contributed by atoms with Gasteiger partial charge in [0.2, 0.25) is 12.0 Å². The molecule has 0 aromatic heterocycles. The highest BCUT2D eigenvalue weighted by Gasteiger charge is 2.13. The Hall–Kier alpha value is -4.09. The summed E-state index contributed by atoms with van der Waals surface area (Å²) in [4.78, 5) is 14.4. The Kier molecular flexibility index (Phi) is 7.98. The predicted molar refractivity (Wildman–Crippen MR) is 112 cm³/mol. The Labute approximate surface area is 170 Å². The molecule has 0 radical (unpaired) electrons. The fourth-order valence-electron chi connectivity index (χ4n) is 2.49. The number of rotatable bonds is 9. The summed E-state index contributed by atoms with van der Waals surface area (Å²) in [5, 5.41) is 9.64. The summed E-state index contributed by atoms with van der Waals surface area (Å²) in [6, 6.07) is 15.6. The summed E-state index contributed by atoms with van der Waals surface area (Å²) in [6.45, 7) is 13.0. The van der Waals surface area contributed by atoms with E-state index in [9.17, 15) is 10.1 Å². The third-order valence-electron chi connectivity index (χ3n) is 3.97. The van der Waals surface area contributed by atoms with Crippen LogP contribution in [0.2, 0.25) is 0 Å². The Morgan fingerprint density at radius 2 is 1.86 bits per heavy atom.